The third-order valence-electron chi connectivity index (χ3n) is 3.22. The summed E-state index contributed by atoms with van der Waals surface area (Å²) >= 11 is 1.32. The van der Waals surface area contributed by atoms with Gasteiger partial charge in [0.1, 0.15) is 11.6 Å². The van der Waals surface area contributed by atoms with E-state index in [0.29, 0.717) is 4.88 Å². The molecule has 0 fully saturated rings. The Balaban J connectivity index is 1.79. The summed E-state index contributed by atoms with van der Waals surface area (Å²) in [5, 5.41) is 4.45. The maximum Gasteiger partial charge on any atom is 0.261 e. The highest BCUT2D eigenvalue weighted by atomic mass is 32.1. The Hall–Kier alpha value is -2.28. The van der Waals surface area contributed by atoms with E-state index in [-0.39, 0.29) is 36.9 Å². The summed E-state index contributed by atoms with van der Waals surface area (Å²) in [6.07, 6.45) is 0.108. The second-order valence-electron chi connectivity index (χ2n) is 4.97. The Bertz CT molecular complexity index is 689. The van der Waals surface area contributed by atoms with Crippen LogP contribution < -0.4 is 5.32 Å². The van der Waals surface area contributed by atoms with Gasteiger partial charge in [0.05, 0.1) is 4.88 Å². The van der Waals surface area contributed by atoms with E-state index < -0.39 is 11.6 Å². The number of amides is 2. The SMILES string of the molecule is CN(Cc1ccc(F)cc1F)C(=O)CCNC(=O)c1cccs1. The molecule has 0 saturated heterocycles. The predicted molar refractivity (Wildman–Crippen MR) is 84.1 cm³/mol. The molecular formula is C16H16F2N2O2S. The van der Waals surface area contributed by atoms with Gasteiger partial charge in [-0.3, -0.25) is 9.59 Å². The lowest BCUT2D eigenvalue weighted by Crippen LogP contribution is -2.31. The zero-order chi connectivity index (χ0) is 16.8. The van der Waals surface area contributed by atoms with E-state index in [1.807, 2.05) is 0 Å². The van der Waals surface area contributed by atoms with E-state index in [4.69, 9.17) is 0 Å². The number of halogens is 2. The first-order chi connectivity index (χ1) is 11.0. The number of hydrogen-bond donors (Lipinski definition) is 1. The second-order valence-corrected chi connectivity index (χ2v) is 5.92. The van der Waals surface area contributed by atoms with Gasteiger partial charge in [-0.1, -0.05) is 12.1 Å². The van der Waals surface area contributed by atoms with Gasteiger partial charge in [-0.15, -0.1) is 11.3 Å². The molecule has 0 aliphatic carbocycles. The Morgan fingerprint density at radius 3 is 2.70 bits per heavy atom. The lowest BCUT2D eigenvalue weighted by atomic mass is 10.2. The van der Waals surface area contributed by atoms with Crippen molar-refractivity contribution in [3.8, 4) is 0 Å². The number of hydrogen-bond acceptors (Lipinski definition) is 3. The van der Waals surface area contributed by atoms with E-state index >= 15 is 0 Å². The molecule has 1 aromatic heterocycles. The second kappa shape index (κ2) is 7.82. The van der Waals surface area contributed by atoms with Crippen LogP contribution in [0, 0.1) is 11.6 Å². The molecule has 0 spiro atoms. The number of nitrogens with zero attached hydrogens (tertiary/aromatic N) is 1. The molecule has 23 heavy (non-hydrogen) atoms. The molecule has 122 valence electrons. The maximum atomic E-state index is 13.6. The van der Waals surface area contributed by atoms with E-state index in [1.54, 1.807) is 17.5 Å². The summed E-state index contributed by atoms with van der Waals surface area (Å²) in [4.78, 5) is 25.6. The zero-order valence-electron chi connectivity index (χ0n) is 12.5. The fraction of sp³-hybridized carbons (Fsp3) is 0.250. The van der Waals surface area contributed by atoms with Crippen LogP contribution in [0.25, 0.3) is 0 Å². The third kappa shape index (κ3) is 4.85. The average Bonchev–Trinajstić information content (AvgIpc) is 3.04. The Morgan fingerprint density at radius 2 is 2.04 bits per heavy atom. The largest absolute Gasteiger partial charge is 0.351 e. The van der Waals surface area contributed by atoms with Crippen LogP contribution in [0.3, 0.4) is 0 Å². The standard InChI is InChI=1S/C16H16F2N2O2S/c1-20(10-11-4-5-12(17)9-13(11)18)15(21)6-7-19-16(22)14-3-2-8-23-14/h2-5,8-9H,6-7,10H2,1H3,(H,19,22). The molecule has 1 N–H and O–H groups in total. The van der Waals surface area contributed by atoms with Crippen LogP contribution in [0.5, 0.6) is 0 Å². The third-order valence-corrected chi connectivity index (χ3v) is 4.09. The smallest absolute Gasteiger partial charge is 0.261 e. The number of rotatable bonds is 6. The van der Waals surface area contributed by atoms with Crippen molar-refractivity contribution in [2.75, 3.05) is 13.6 Å². The van der Waals surface area contributed by atoms with Crippen LogP contribution in [0.4, 0.5) is 8.78 Å². The highest BCUT2D eigenvalue weighted by Crippen LogP contribution is 2.12. The molecule has 4 nitrogen and oxygen atoms in total. The van der Waals surface area contributed by atoms with Crippen LogP contribution in [0.2, 0.25) is 0 Å². The van der Waals surface area contributed by atoms with Crippen LogP contribution in [0.1, 0.15) is 21.7 Å². The van der Waals surface area contributed by atoms with Gasteiger partial charge in [0.25, 0.3) is 5.91 Å². The summed E-state index contributed by atoms with van der Waals surface area (Å²) in [5.74, 6) is -1.80. The van der Waals surface area contributed by atoms with Crippen molar-refractivity contribution in [1.82, 2.24) is 10.2 Å². The number of thiophene rings is 1. The van der Waals surface area contributed by atoms with E-state index in [0.717, 1.165) is 12.1 Å². The average molecular weight is 338 g/mol. The minimum Gasteiger partial charge on any atom is -0.351 e. The molecule has 1 aromatic carbocycles. The minimum atomic E-state index is -0.685. The number of nitrogens with one attached hydrogen (secondary N) is 1. The summed E-state index contributed by atoms with van der Waals surface area (Å²) in [6.45, 7) is 0.246. The molecule has 0 aliphatic heterocycles. The molecular weight excluding hydrogens is 322 g/mol. The summed E-state index contributed by atoms with van der Waals surface area (Å²) in [7, 11) is 1.53. The fourth-order valence-corrected chi connectivity index (χ4v) is 2.60. The van der Waals surface area contributed by atoms with Crippen molar-refractivity contribution in [2.24, 2.45) is 0 Å². The van der Waals surface area contributed by atoms with Gasteiger partial charge in [-0.25, -0.2) is 8.78 Å². The molecule has 0 atom stereocenters. The highest BCUT2D eigenvalue weighted by Gasteiger charge is 2.13. The molecule has 0 radical (unpaired) electrons. The van der Waals surface area contributed by atoms with E-state index in [9.17, 15) is 18.4 Å². The molecule has 0 unspecified atom stereocenters. The van der Waals surface area contributed by atoms with E-state index in [2.05, 4.69) is 5.32 Å². The Labute approximate surface area is 136 Å². The maximum absolute atomic E-state index is 13.6. The van der Waals surface area contributed by atoms with Crippen LogP contribution >= 0.6 is 11.3 Å². The molecule has 0 bridgehead atoms. The number of benzene rings is 1. The summed E-state index contributed by atoms with van der Waals surface area (Å²) in [6, 6.07) is 6.72. The van der Waals surface area contributed by atoms with Crippen molar-refractivity contribution in [2.45, 2.75) is 13.0 Å². The highest BCUT2D eigenvalue weighted by molar-refractivity contribution is 7.12. The first kappa shape index (κ1) is 17.1. The van der Waals surface area contributed by atoms with Gasteiger partial charge in [-0.2, -0.15) is 0 Å². The van der Waals surface area contributed by atoms with Crippen LogP contribution in [-0.2, 0) is 11.3 Å². The molecule has 0 saturated carbocycles. The summed E-state index contributed by atoms with van der Waals surface area (Å²) in [5.41, 5.74) is 0.241. The predicted octanol–water partition coefficient (Wildman–Crippen LogP) is 2.80. The Morgan fingerprint density at radius 1 is 1.26 bits per heavy atom. The van der Waals surface area contributed by atoms with Crippen LogP contribution in [0.15, 0.2) is 35.7 Å². The van der Waals surface area contributed by atoms with E-state index in [1.165, 1.54) is 29.4 Å². The first-order valence-electron chi connectivity index (χ1n) is 6.97. The van der Waals surface area contributed by atoms with Gasteiger partial charge in [0.2, 0.25) is 5.91 Å². The van der Waals surface area contributed by atoms with Gasteiger partial charge < -0.3 is 10.2 Å². The molecule has 2 rings (SSSR count). The topological polar surface area (TPSA) is 49.4 Å². The van der Waals surface area contributed by atoms with Crippen molar-refractivity contribution < 1.29 is 18.4 Å². The molecule has 0 aliphatic rings. The monoisotopic (exact) mass is 338 g/mol. The van der Waals surface area contributed by atoms with Crippen LogP contribution in [-0.4, -0.2) is 30.3 Å². The minimum absolute atomic E-state index is 0.0455. The van der Waals surface area contributed by atoms with Gasteiger partial charge in [0.15, 0.2) is 0 Å². The van der Waals surface area contributed by atoms with Gasteiger partial charge >= 0.3 is 0 Å². The quantitative estimate of drug-likeness (QED) is 0.880. The first-order valence-corrected chi connectivity index (χ1v) is 7.85. The summed E-state index contributed by atoms with van der Waals surface area (Å²) < 4.78 is 26.4. The van der Waals surface area contributed by atoms with Gasteiger partial charge in [-0.05, 0) is 17.5 Å². The lowest BCUT2D eigenvalue weighted by Gasteiger charge is -2.17. The van der Waals surface area contributed by atoms with Crippen molar-refractivity contribution in [3.05, 3.63) is 57.8 Å². The molecule has 7 heteroatoms. The number of carbonyl (C=O) groups excluding carboxylic acids is 2. The molecule has 2 aromatic rings. The van der Waals surface area contributed by atoms with Crippen molar-refractivity contribution >= 4 is 23.2 Å². The fourth-order valence-electron chi connectivity index (χ4n) is 1.96. The molecule has 2 amide bonds. The molecule has 1 heterocycles. The zero-order valence-corrected chi connectivity index (χ0v) is 13.3. The van der Waals surface area contributed by atoms with Crippen molar-refractivity contribution in [3.63, 3.8) is 0 Å². The normalized spacial score (nSPS) is 10.4. The number of carbonyl (C=O) groups is 2. The van der Waals surface area contributed by atoms with Crippen molar-refractivity contribution in [1.29, 1.82) is 0 Å². The Kier molecular flexibility index (Phi) is 5.81. The van der Waals surface area contributed by atoms with Gasteiger partial charge in [0, 0.05) is 38.2 Å². The lowest BCUT2D eigenvalue weighted by molar-refractivity contribution is -0.130.